The van der Waals surface area contributed by atoms with Gasteiger partial charge in [-0.3, -0.25) is 15.0 Å². The molecule has 1 saturated carbocycles. The summed E-state index contributed by atoms with van der Waals surface area (Å²) < 4.78 is 0. The van der Waals surface area contributed by atoms with E-state index in [4.69, 9.17) is 0 Å². The maximum absolute atomic E-state index is 12.2. The molecule has 2 aromatic rings. The molecule has 1 saturated heterocycles. The number of hydrogen-bond acceptors (Lipinski definition) is 7. The van der Waals surface area contributed by atoms with Gasteiger partial charge in [-0.05, 0) is 30.9 Å². The van der Waals surface area contributed by atoms with Crippen LogP contribution in [-0.2, 0) is 0 Å². The number of anilines is 2. The monoisotopic (exact) mass is 386 g/mol. The second-order valence-corrected chi connectivity index (χ2v) is 8.23. The van der Waals surface area contributed by atoms with Gasteiger partial charge in [-0.2, -0.15) is 0 Å². The molecule has 2 aliphatic rings. The van der Waals surface area contributed by atoms with E-state index in [9.17, 15) is 4.79 Å². The number of rotatable bonds is 5. The topological polar surface area (TPSA) is 74.2 Å². The van der Waals surface area contributed by atoms with Crippen molar-refractivity contribution in [1.82, 2.24) is 20.1 Å². The Bertz CT molecular complexity index is 721. The SMILES string of the molecule is O=C(Nc1nncs1)c1ccc(N2CCN(CC3CCCCC3)CC2)nc1. The molecule has 2 fully saturated rings. The number of pyridine rings is 1. The van der Waals surface area contributed by atoms with E-state index in [0.29, 0.717) is 10.7 Å². The number of carbonyl (C=O) groups excluding carboxylic acids is 1. The van der Waals surface area contributed by atoms with E-state index in [-0.39, 0.29) is 5.91 Å². The summed E-state index contributed by atoms with van der Waals surface area (Å²) in [4.78, 5) is 21.6. The van der Waals surface area contributed by atoms with Gasteiger partial charge in [0.1, 0.15) is 11.3 Å². The Balaban J connectivity index is 1.27. The third kappa shape index (κ3) is 4.81. The molecule has 144 valence electrons. The first kappa shape index (κ1) is 18.3. The van der Waals surface area contributed by atoms with Gasteiger partial charge in [-0.15, -0.1) is 10.2 Å². The van der Waals surface area contributed by atoms with Crippen molar-refractivity contribution in [1.29, 1.82) is 0 Å². The smallest absolute Gasteiger partial charge is 0.259 e. The second kappa shape index (κ2) is 8.75. The molecule has 0 aromatic carbocycles. The van der Waals surface area contributed by atoms with Gasteiger partial charge in [0.25, 0.3) is 5.91 Å². The number of hydrogen-bond donors (Lipinski definition) is 1. The normalized spacial score (nSPS) is 19.2. The first-order valence-electron chi connectivity index (χ1n) is 9.79. The van der Waals surface area contributed by atoms with Gasteiger partial charge in [0, 0.05) is 38.9 Å². The molecule has 1 aliphatic heterocycles. The molecule has 0 unspecified atom stereocenters. The summed E-state index contributed by atoms with van der Waals surface area (Å²) in [6.45, 7) is 5.44. The van der Waals surface area contributed by atoms with Crippen LogP contribution < -0.4 is 10.2 Å². The minimum absolute atomic E-state index is 0.205. The van der Waals surface area contributed by atoms with Crippen LogP contribution in [0.15, 0.2) is 23.8 Å². The number of carbonyl (C=O) groups is 1. The molecular formula is C19H26N6OS. The molecule has 3 heterocycles. The molecule has 0 bridgehead atoms. The van der Waals surface area contributed by atoms with Crippen LogP contribution in [0.3, 0.4) is 0 Å². The second-order valence-electron chi connectivity index (χ2n) is 7.39. The molecule has 0 spiro atoms. The lowest BCUT2D eigenvalue weighted by Gasteiger charge is -2.37. The van der Waals surface area contributed by atoms with E-state index in [1.54, 1.807) is 11.7 Å². The summed E-state index contributed by atoms with van der Waals surface area (Å²) in [7, 11) is 0. The van der Waals surface area contributed by atoms with E-state index in [1.165, 1.54) is 50.0 Å². The summed E-state index contributed by atoms with van der Waals surface area (Å²) in [5, 5.41) is 10.8. The first-order valence-corrected chi connectivity index (χ1v) is 10.7. The third-order valence-corrected chi connectivity index (χ3v) is 6.13. The Labute approximate surface area is 163 Å². The highest BCUT2D eigenvalue weighted by Gasteiger charge is 2.22. The van der Waals surface area contributed by atoms with Crippen LogP contribution >= 0.6 is 11.3 Å². The number of amides is 1. The van der Waals surface area contributed by atoms with Gasteiger partial charge in [0.15, 0.2) is 0 Å². The van der Waals surface area contributed by atoms with Crippen molar-refractivity contribution in [2.45, 2.75) is 32.1 Å². The zero-order valence-corrected chi connectivity index (χ0v) is 16.3. The fourth-order valence-corrected chi connectivity index (χ4v) is 4.44. The van der Waals surface area contributed by atoms with E-state index in [1.807, 2.05) is 12.1 Å². The lowest BCUT2D eigenvalue weighted by Crippen LogP contribution is -2.48. The standard InChI is InChI=1S/C19H26N6OS/c26-18(22-19-23-21-14-27-19)16-6-7-17(20-12-16)25-10-8-24(9-11-25)13-15-4-2-1-3-5-15/h6-7,12,14-15H,1-5,8-11,13H2,(H,22,23,26). The van der Waals surface area contributed by atoms with Crippen molar-refractivity contribution >= 4 is 28.2 Å². The van der Waals surface area contributed by atoms with Gasteiger partial charge in [-0.25, -0.2) is 4.98 Å². The predicted molar refractivity (Wildman–Crippen MR) is 107 cm³/mol. The molecule has 7 nitrogen and oxygen atoms in total. The van der Waals surface area contributed by atoms with Crippen molar-refractivity contribution in [3.63, 3.8) is 0 Å². The molecular weight excluding hydrogens is 360 g/mol. The Kier molecular flexibility index (Phi) is 5.94. The largest absolute Gasteiger partial charge is 0.354 e. The highest BCUT2D eigenvalue weighted by molar-refractivity contribution is 7.13. The molecule has 4 rings (SSSR count). The van der Waals surface area contributed by atoms with Crippen LogP contribution in [0.5, 0.6) is 0 Å². The maximum Gasteiger partial charge on any atom is 0.259 e. The van der Waals surface area contributed by atoms with E-state index < -0.39 is 0 Å². The number of aromatic nitrogens is 3. The van der Waals surface area contributed by atoms with Crippen LogP contribution in [0, 0.1) is 5.92 Å². The average molecular weight is 387 g/mol. The van der Waals surface area contributed by atoms with Crippen molar-refractivity contribution in [2.75, 3.05) is 42.9 Å². The summed E-state index contributed by atoms with van der Waals surface area (Å²) in [5.41, 5.74) is 2.12. The Hall–Kier alpha value is -2.06. The molecule has 0 radical (unpaired) electrons. The highest BCUT2D eigenvalue weighted by atomic mass is 32.1. The zero-order chi connectivity index (χ0) is 18.5. The molecule has 1 amide bonds. The molecule has 1 N–H and O–H groups in total. The quantitative estimate of drug-likeness (QED) is 0.852. The summed E-state index contributed by atoms with van der Waals surface area (Å²) in [6, 6.07) is 3.76. The van der Waals surface area contributed by atoms with Crippen molar-refractivity contribution in [3.05, 3.63) is 29.4 Å². The van der Waals surface area contributed by atoms with Crippen molar-refractivity contribution < 1.29 is 4.79 Å². The van der Waals surface area contributed by atoms with Crippen molar-refractivity contribution in [2.24, 2.45) is 5.92 Å². The molecule has 0 atom stereocenters. The molecule has 1 aliphatic carbocycles. The number of piperazine rings is 1. The Morgan fingerprint density at radius 1 is 1.15 bits per heavy atom. The summed E-state index contributed by atoms with van der Waals surface area (Å²) in [6.07, 6.45) is 8.69. The zero-order valence-electron chi connectivity index (χ0n) is 15.5. The minimum atomic E-state index is -0.205. The third-order valence-electron chi connectivity index (χ3n) is 5.53. The molecule has 27 heavy (non-hydrogen) atoms. The van der Waals surface area contributed by atoms with E-state index in [2.05, 4.69) is 30.3 Å². The lowest BCUT2D eigenvalue weighted by molar-refractivity contribution is 0.102. The van der Waals surface area contributed by atoms with Crippen molar-refractivity contribution in [3.8, 4) is 0 Å². The Morgan fingerprint density at radius 3 is 2.63 bits per heavy atom. The summed E-state index contributed by atoms with van der Waals surface area (Å²) in [5.74, 6) is 1.64. The summed E-state index contributed by atoms with van der Waals surface area (Å²) >= 11 is 1.30. The Morgan fingerprint density at radius 2 is 1.96 bits per heavy atom. The van der Waals surface area contributed by atoms with Gasteiger partial charge < -0.3 is 4.90 Å². The van der Waals surface area contributed by atoms with E-state index in [0.717, 1.165) is 37.9 Å². The van der Waals surface area contributed by atoms with Gasteiger partial charge in [-0.1, -0.05) is 30.6 Å². The highest BCUT2D eigenvalue weighted by Crippen LogP contribution is 2.25. The average Bonchev–Trinajstić information content (AvgIpc) is 3.22. The van der Waals surface area contributed by atoms with Crippen LogP contribution in [0.2, 0.25) is 0 Å². The fourth-order valence-electron chi connectivity index (χ4n) is 4.00. The van der Waals surface area contributed by atoms with Gasteiger partial charge in [0.2, 0.25) is 5.13 Å². The van der Waals surface area contributed by atoms with Crippen LogP contribution in [0.4, 0.5) is 10.9 Å². The number of nitrogens with one attached hydrogen (secondary N) is 1. The molecule has 2 aromatic heterocycles. The van der Waals surface area contributed by atoms with E-state index >= 15 is 0 Å². The lowest BCUT2D eigenvalue weighted by atomic mass is 9.89. The van der Waals surface area contributed by atoms with Gasteiger partial charge >= 0.3 is 0 Å². The van der Waals surface area contributed by atoms with Crippen LogP contribution in [0.25, 0.3) is 0 Å². The van der Waals surface area contributed by atoms with Gasteiger partial charge in [0.05, 0.1) is 5.56 Å². The van der Waals surface area contributed by atoms with Crippen LogP contribution in [0.1, 0.15) is 42.5 Å². The number of nitrogens with zero attached hydrogens (tertiary/aromatic N) is 5. The van der Waals surface area contributed by atoms with Crippen LogP contribution in [-0.4, -0.2) is 58.7 Å². The molecule has 8 heteroatoms. The predicted octanol–water partition coefficient (Wildman–Crippen LogP) is 2.89. The maximum atomic E-state index is 12.2. The fraction of sp³-hybridized carbons (Fsp3) is 0.579. The first-order chi connectivity index (χ1) is 13.3. The minimum Gasteiger partial charge on any atom is -0.354 e.